The molecule has 0 aliphatic carbocycles. The molecule has 1 atom stereocenters. The molecule has 2 amide bonds. The molecular formula is C30H27ClN2O2S. The SMILES string of the molecule is CCc1cccc(C)c1NC(=O)C(Sc1ccc(NC(=O)c2cccc(Cl)c2)cc1)c1ccccc1. The van der Waals surface area contributed by atoms with Crippen molar-refractivity contribution in [3.63, 3.8) is 0 Å². The minimum atomic E-state index is -0.442. The van der Waals surface area contributed by atoms with Gasteiger partial charge in [0, 0.05) is 26.9 Å². The van der Waals surface area contributed by atoms with E-state index in [2.05, 4.69) is 17.6 Å². The molecule has 0 heterocycles. The average Bonchev–Trinajstić information content (AvgIpc) is 2.89. The van der Waals surface area contributed by atoms with Crippen LogP contribution in [-0.4, -0.2) is 11.8 Å². The molecule has 182 valence electrons. The Balaban J connectivity index is 1.52. The molecule has 4 rings (SSSR count). The van der Waals surface area contributed by atoms with Gasteiger partial charge in [0.1, 0.15) is 5.25 Å². The second-order valence-electron chi connectivity index (χ2n) is 8.35. The van der Waals surface area contributed by atoms with Crippen LogP contribution < -0.4 is 10.6 Å². The number of nitrogens with one attached hydrogen (secondary N) is 2. The van der Waals surface area contributed by atoms with E-state index in [1.165, 1.54) is 11.8 Å². The van der Waals surface area contributed by atoms with Gasteiger partial charge in [-0.2, -0.15) is 0 Å². The lowest BCUT2D eigenvalue weighted by atomic mass is 10.1. The number of thioether (sulfide) groups is 1. The number of benzene rings is 4. The van der Waals surface area contributed by atoms with E-state index in [0.717, 1.165) is 33.7 Å². The highest BCUT2D eigenvalue weighted by Gasteiger charge is 2.23. The van der Waals surface area contributed by atoms with Crippen LogP contribution in [0.1, 0.15) is 39.2 Å². The van der Waals surface area contributed by atoms with Gasteiger partial charge in [-0.15, -0.1) is 11.8 Å². The van der Waals surface area contributed by atoms with E-state index in [1.807, 2.05) is 79.7 Å². The van der Waals surface area contributed by atoms with Gasteiger partial charge in [0.05, 0.1) is 0 Å². The van der Waals surface area contributed by atoms with E-state index in [1.54, 1.807) is 24.3 Å². The van der Waals surface area contributed by atoms with E-state index < -0.39 is 5.25 Å². The van der Waals surface area contributed by atoms with Gasteiger partial charge in [-0.05, 0) is 72.5 Å². The average molecular weight is 515 g/mol. The quantitative estimate of drug-likeness (QED) is 0.235. The van der Waals surface area contributed by atoms with Crippen LogP contribution in [0.5, 0.6) is 0 Å². The molecular weight excluding hydrogens is 488 g/mol. The fourth-order valence-corrected chi connectivity index (χ4v) is 5.09. The second kappa shape index (κ2) is 11.9. The Morgan fingerprint density at radius 2 is 1.58 bits per heavy atom. The highest BCUT2D eigenvalue weighted by molar-refractivity contribution is 8.00. The third-order valence-corrected chi connectivity index (χ3v) is 7.28. The van der Waals surface area contributed by atoms with Crippen molar-refractivity contribution in [1.29, 1.82) is 0 Å². The molecule has 4 nitrogen and oxygen atoms in total. The van der Waals surface area contributed by atoms with Gasteiger partial charge in [-0.25, -0.2) is 0 Å². The molecule has 0 bridgehead atoms. The van der Waals surface area contributed by atoms with Gasteiger partial charge in [-0.3, -0.25) is 9.59 Å². The third kappa shape index (κ3) is 6.36. The lowest BCUT2D eigenvalue weighted by molar-refractivity contribution is -0.115. The Hall–Kier alpha value is -3.54. The minimum absolute atomic E-state index is 0.0754. The third-order valence-electron chi connectivity index (χ3n) is 5.78. The Kier molecular flexibility index (Phi) is 8.47. The van der Waals surface area contributed by atoms with Gasteiger partial charge < -0.3 is 10.6 Å². The second-order valence-corrected chi connectivity index (χ2v) is 9.96. The predicted octanol–water partition coefficient (Wildman–Crippen LogP) is 7.94. The molecule has 0 fully saturated rings. The summed E-state index contributed by atoms with van der Waals surface area (Å²) in [7, 11) is 0. The van der Waals surface area contributed by atoms with Crippen LogP contribution in [0.4, 0.5) is 11.4 Å². The monoisotopic (exact) mass is 514 g/mol. The normalized spacial score (nSPS) is 11.5. The summed E-state index contributed by atoms with van der Waals surface area (Å²) in [6.45, 7) is 4.09. The van der Waals surface area contributed by atoms with Crippen molar-refractivity contribution in [2.75, 3.05) is 10.6 Å². The van der Waals surface area contributed by atoms with E-state index in [4.69, 9.17) is 11.6 Å². The van der Waals surface area contributed by atoms with Crippen molar-refractivity contribution < 1.29 is 9.59 Å². The number of carbonyl (C=O) groups excluding carboxylic acids is 2. The highest BCUT2D eigenvalue weighted by Crippen LogP contribution is 2.37. The zero-order chi connectivity index (χ0) is 25.5. The van der Waals surface area contributed by atoms with Gasteiger partial charge >= 0.3 is 0 Å². The summed E-state index contributed by atoms with van der Waals surface area (Å²) >= 11 is 7.47. The molecule has 4 aromatic rings. The van der Waals surface area contributed by atoms with Crippen molar-refractivity contribution in [2.24, 2.45) is 0 Å². The molecule has 0 aromatic heterocycles. The van der Waals surface area contributed by atoms with Crippen LogP contribution in [0, 0.1) is 6.92 Å². The summed E-state index contributed by atoms with van der Waals surface area (Å²) in [6, 6.07) is 30.1. The standard InChI is InChI=1S/C30H27ClN2O2S/c1-3-21-12-7-9-20(2)27(21)33-30(35)28(22-10-5-4-6-11-22)36-26-17-15-25(16-18-26)32-29(34)23-13-8-14-24(31)19-23/h4-19,28H,3H2,1-2H3,(H,32,34)(H,33,35). The fourth-order valence-electron chi connectivity index (χ4n) is 3.88. The molecule has 0 saturated heterocycles. The summed E-state index contributed by atoms with van der Waals surface area (Å²) in [5.41, 5.74) is 5.11. The van der Waals surface area contributed by atoms with E-state index in [-0.39, 0.29) is 11.8 Å². The number of carbonyl (C=O) groups is 2. The number of halogens is 1. The zero-order valence-corrected chi connectivity index (χ0v) is 21.7. The molecule has 0 radical (unpaired) electrons. The number of rotatable bonds is 8. The van der Waals surface area contributed by atoms with Crippen molar-refractivity contribution in [3.8, 4) is 0 Å². The molecule has 0 aliphatic heterocycles. The summed E-state index contributed by atoms with van der Waals surface area (Å²) in [6.07, 6.45) is 0.836. The van der Waals surface area contributed by atoms with Gasteiger partial charge in [0.25, 0.3) is 5.91 Å². The number of amides is 2. The van der Waals surface area contributed by atoms with Gasteiger partial charge in [0.2, 0.25) is 5.91 Å². The van der Waals surface area contributed by atoms with Crippen molar-refractivity contribution >= 4 is 46.6 Å². The number of hydrogen-bond acceptors (Lipinski definition) is 3. The first-order valence-electron chi connectivity index (χ1n) is 11.7. The van der Waals surface area contributed by atoms with Crippen LogP contribution >= 0.6 is 23.4 Å². The number of anilines is 2. The number of hydrogen-bond donors (Lipinski definition) is 2. The summed E-state index contributed by atoms with van der Waals surface area (Å²) in [5, 5.41) is 6.14. The molecule has 1 unspecified atom stereocenters. The van der Waals surface area contributed by atoms with Crippen molar-refractivity contribution in [1.82, 2.24) is 0 Å². The van der Waals surface area contributed by atoms with Crippen LogP contribution in [0.25, 0.3) is 0 Å². The zero-order valence-electron chi connectivity index (χ0n) is 20.1. The Labute approximate surface area is 221 Å². The van der Waals surface area contributed by atoms with E-state index in [9.17, 15) is 9.59 Å². The Bertz CT molecular complexity index is 1360. The molecule has 0 saturated carbocycles. The summed E-state index contributed by atoms with van der Waals surface area (Å²) in [5.74, 6) is -0.307. The topological polar surface area (TPSA) is 58.2 Å². The van der Waals surface area contributed by atoms with Crippen LogP contribution in [-0.2, 0) is 11.2 Å². The molecule has 36 heavy (non-hydrogen) atoms. The first kappa shape index (κ1) is 25.5. The Morgan fingerprint density at radius 1 is 0.861 bits per heavy atom. The van der Waals surface area contributed by atoms with Crippen molar-refractivity contribution in [3.05, 3.63) is 124 Å². The van der Waals surface area contributed by atoms with E-state index >= 15 is 0 Å². The molecule has 6 heteroatoms. The molecule has 0 aliphatic rings. The van der Waals surface area contributed by atoms with Crippen LogP contribution in [0.2, 0.25) is 5.02 Å². The molecule has 2 N–H and O–H groups in total. The van der Waals surface area contributed by atoms with Crippen LogP contribution in [0.3, 0.4) is 0 Å². The predicted molar refractivity (Wildman–Crippen MR) is 150 cm³/mol. The maximum absolute atomic E-state index is 13.5. The first-order valence-corrected chi connectivity index (χ1v) is 13.0. The van der Waals surface area contributed by atoms with Gasteiger partial charge in [-0.1, -0.05) is 73.1 Å². The lowest BCUT2D eigenvalue weighted by Gasteiger charge is -2.20. The Morgan fingerprint density at radius 3 is 2.28 bits per heavy atom. The first-order chi connectivity index (χ1) is 17.4. The number of aryl methyl sites for hydroxylation is 2. The van der Waals surface area contributed by atoms with Crippen molar-refractivity contribution in [2.45, 2.75) is 30.4 Å². The van der Waals surface area contributed by atoms with Gasteiger partial charge in [0.15, 0.2) is 0 Å². The maximum atomic E-state index is 13.5. The smallest absolute Gasteiger partial charge is 0.255 e. The lowest BCUT2D eigenvalue weighted by Crippen LogP contribution is -2.20. The summed E-state index contributed by atoms with van der Waals surface area (Å²) in [4.78, 5) is 27.0. The highest BCUT2D eigenvalue weighted by atomic mass is 35.5. The maximum Gasteiger partial charge on any atom is 0.255 e. The fraction of sp³-hybridized carbons (Fsp3) is 0.133. The minimum Gasteiger partial charge on any atom is -0.324 e. The largest absolute Gasteiger partial charge is 0.324 e. The number of para-hydroxylation sites is 1. The summed E-state index contributed by atoms with van der Waals surface area (Å²) < 4.78 is 0. The molecule has 0 spiro atoms. The van der Waals surface area contributed by atoms with E-state index in [0.29, 0.717) is 16.3 Å². The van der Waals surface area contributed by atoms with Crippen LogP contribution in [0.15, 0.2) is 102 Å². The molecule has 4 aromatic carbocycles.